The number of amides is 1. The van der Waals surface area contributed by atoms with E-state index in [2.05, 4.69) is 19.4 Å². The molecule has 0 atom stereocenters. The minimum absolute atomic E-state index is 0.107. The second kappa shape index (κ2) is 8.31. The summed E-state index contributed by atoms with van der Waals surface area (Å²) in [5.41, 5.74) is 2.08. The third-order valence-electron chi connectivity index (χ3n) is 0.754. The van der Waals surface area contributed by atoms with Crippen LogP contribution in [0.3, 0.4) is 0 Å². The van der Waals surface area contributed by atoms with Gasteiger partial charge in [-0.15, -0.1) is 5.10 Å². The number of thiol groups is 1. The number of nitrogens with zero attached hydrogens (tertiary/aromatic N) is 1. The van der Waals surface area contributed by atoms with Crippen molar-refractivity contribution in [3.05, 3.63) is 0 Å². The fourth-order valence-corrected chi connectivity index (χ4v) is 0.425. The predicted molar refractivity (Wildman–Crippen MR) is 44.6 cm³/mol. The van der Waals surface area contributed by atoms with E-state index >= 15 is 0 Å². The van der Waals surface area contributed by atoms with Crippen LogP contribution in [-0.4, -0.2) is 38.4 Å². The number of nitrogens with one attached hydrogen (secondary N) is 1. The van der Waals surface area contributed by atoms with Gasteiger partial charge in [0.1, 0.15) is 7.73 Å². The van der Waals surface area contributed by atoms with E-state index in [-0.39, 0.29) is 19.8 Å². The maximum atomic E-state index is 10.7. The topological polar surface area (TPSA) is 80.2 Å². The number of aliphatic hydroxyl groups excluding tert-OH is 1. The van der Waals surface area contributed by atoms with Gasteiger partial charge in [-0.3, -0.25) is 4.79 Å². The Kier molecular flexibility index (Phi) is 6.44. The maximum Gasteiger partial charge on any atom is 0.266 e. The second-order valence-electron chi connectivity index (χ2n) is 1.64. The third-order valence-corrected chi connectivity index (χ3v) is 0.840. The van der Waals surface area contributed by atoms with Crippen molar-refractivity contribution in [3.8, 4) is 0 Å². The van der Waals surface area contributed by atoms with Crippen LogP contribution in [0.25, 0.3) is 0 Å². The molecule has 0 aliphatic heterocycles. The summed E-state index contributed by atoms with van der Waals surface area (Å²) in [6.07, 6.45) is 0.918. The summed E-state index contributed by atoms with van der Waals surface area (Å²) in [5, 5.41) is 11.6. The van der Waals surface area contributed by atoms with Crippen molar-refractivity contribution in [2.45, 2.75) is 0 Å². The van der Waals surface area contributed by atoms with Gasteiger partial charge in [-0.25, -0.2) is 5.43 Å². The van der Waals surface area contributed by atoms with E-state index in [1.807, 2.05) is 0 Å². The summed E-state index contributed by atoms with van der Waals surface area (Å²) in [7, 11) is 0. The van der Waals surface area contributed by atoms with Crippen LogP contribution in [0.1, 0.15) is 0 Å². The van der Waals surface area contributed by atoms with Crippen molar-refractivity contribution in [1.82, 2.24) is 5.43 Å². The summed E-state index contributed by atoms with van der Waals surface area (Å²) in [6, 6.07) is 0. The summed E-state index contributed by atoms with van der Waals surface area (Å²) in [6.45, 7) is -0.197. The first-order valence-corrected chi connectivity index (χ1v) is 3.42. The highest BCUT2D eigenvalue weighted by Crippen LogP contribution is 1.75. The molecule has 0 aliphatic carbocycles. The van der Waals surface area contributed by atoms with E-state index in [0.717, 1.165) is 6.40 Å². The first kappa shape index (κ1) is 9.30. The quantitative estimate of drug-likeness (QED) is 0.121. The SMILES string of the molecule is [3H]SOC=NNC(=O)COCCO. The van der Waals surface area contributed by atoms with E-state index in [1.54, 1.807) is 0 Å². The molecule has 0 bridgehead atoms. The van der Waals surface area contributed by atoms with Crippen LogP contribution in [0, 0.1) is 0 Å². The van der Waals surface area contributed by atoms with E-state index < -0.39 is 5.91 Å². The molecule has 1 amide bonds. The molecule has 0 aromatic rings. The van der Waals surface area contributed by atoms with Crippen molar-refractivity contribution in [2.24, 2.45) is 5.10 Å². The minimum atomic E-state index is -0.455. The Labute approximate surface area is 76.2 Å². The molecular weight excluding hydrogens is 184 g/mol. The van der Waals surface area contributed by atoms with Gasteiger partial charge in [0, 0.05) is 12.8 Å². The van der Waals surface area contributed by atoms with Crippen molar-refractivity contribution >= 4 is 25.1 Å². The molecule has 0 unspecified atom stereocenters. The number of carbonyl (C=O) groups is 1. The second-order valence-corrected chi connectivity index (χ2v) is 1.83. The lowest BCUT2D eigenvalue weighted by molar-refractivity contribution is -0.125. The van der Waals surface area contributed by atoms with Crippen LogP contribution in [0.2, 0.25) is 0 Å². The Bertz CT molecular complexity index is 169. The van der Waals surface area contributed by atoms with Gasteiger partial charge in [-0.2, -0.15) is 0 Å². The van der Waals surface area contributed by atoms with E-state index in [9.17, 15) is 4.79 Å². The molecule has 6 nitrogen and oxygen atoms in total. The summed E-state index contributed by atoms with van der Waals surface area (Å²) >= 11 is 0.360. The summed E-state index contributed by atoms with van der Waals surface area (Å²) < 4.78 is 15.5. The first-order valence-electron chi connectivity index (χ1n) is 3.49. The fourth-order valence-electron chi connectivity index (χ4n) is 0.382. The van der Waals surface area contributed by atoms with Crippen LogP contribution in [-0.2, 0) is 13.7 Å². The highest BCUT2D eigenvalue weighted by molar-refractivity contribution is 7.75. The predicted octanol–water partition coefficient (Wildman–Crippen LogP) is -1.08. The van der Waals surface area contributed by atoms with Crippen LogP contribution in [0.15, 0.2) is 5.10 Å². The minimum Gasteiger partial charge on any atom is -0.415 e. The van der Waals surface area contributed by atoms with Gasteiger partial charge in [0.15, 0.2) is 0 Å². The average Bonchev–Trinajstić information content (AvgIpc) is 2.13. The van der Waals surface area contributed by atoms with Crippen molar-refractivity contribution in [3.63, 3.8) is 0 Å². The number of rotatable bonds is 7. The molecule has 70 valence electrons. The van der Waals surface area contributed by atoms with Gasteiger partial charge >= 0.3 is 0 Å². The normalized spacial score (nSPS) is 11.2. The van der Waals surface area contributed by atoms with E-state index in [0.29, 0.717) is 12.8 Å². The zero-order valence-corrected chi connectivity index (χ0v) is 7.04. The number of hydrazone groups is 1. The Morgan fingerprint density at radius 2 is 2.75 bits per heavy atom. The molecule has 0 aromatic carbocycles. The lowest BCUT2D eigenvalue weighted by Gasteiger charge is -1.99. The molecular formula is C5H10N2O4S. The molecule has 0 fully saturated rings. The van der Waals surface area contributed by atoms with Gasteiger partial charge in [-0.05, 0) is 0 Å². The molecule has 0 radical (unpaired) electrons. The van der Waals surface area contributed by atoms with E-state index in [4.69, 9.17) is 6.23 Å². The van der Waals surface area contributed by atoms with Gasteiger partial charge in [0.2, 0.25) is 6.40 Å². The smallest absolute Gasteiger partial charge is 0.266 e. The third kappa shape index (κ3) is 7.32. The van der Waals surface area contributed by atoms with Crippen LogP contribution >= 0.6 is 12.8 Å². The molecule has 0 spiro atoms. The fraction of sp³-hybridized carbons (Fsp3) is 0.600. The molecule has 0 heterocycles. The van der Waals surface area contributed by atoms with Gasteiger partial charge in [0.25, 0.3) is 5.91 Å². The molecule has 0 aliphatic rings. The van der Waals surface area contributed by atoms with Crippen LogP contribution in [0.5, 0.6) is 0 Å². The Morgan fingerprint density at radius 1 is 1.92 bits per heavy atom. The van der Waals surface area contributed by atoms with Gasteiger partial charge in [-0.1, -0.05) is 0 Å². The number of aliphatic hydroxyl groups is 1. The lowest BCUT2D eigenvalue weighted by Crippen LogP contribution is -2.23. The summed E-state index contributed by atoms with van der Waals surface area (Å²) in [5.74, 6) is -0.455. The molecule has 0 saturated heterocycles. The van der Waals surface area contributed by atoms with Crippen molar-refractivity contribution in [2.75, 3.05) is 19.8 Å². The van der Waals surface area contributed by atoms with Crippen molar-refractivity contribution in [1.29, 1.82) is 1.12 Å². The molecule has 12 heavy (non-hydrogen) atoms. The Hall–Kier alpha value is -0.790. The zero-order chi connectivity index (χ0) is 9.94. The van der Waals surface area contributed by atoms with E-state index in [1.165, 1.54) is 0 Å². The lowest BCUT2D eigenvalue weighted by atomic mass is 10.6. The van der Waals surface area contributed by atoms with Crippen LogP contribution < -0.4 is 5.43 Å². The average molecular weight is 196 g/mol. The van der Waals surface area contributed by atoms with Crippen molar-refractivity contribution < 1.29 is 18.8 Å². The van der Waals surface area contributed by atoms with Crippen LogP contribution in [0.4, 0.5) is 0 Å². The van der Waals surface area contributed by atoms with Gasteiger partial charge < -0.3 is 14.0 Å². The molecule has 2 N–H and O–H groups in total. The Morgan fingerprint density at radius 3 is 3.42 bits per heavy atom. The number of ether oxygens (including phenoxy) is 1. The standard InChI is InChI=1S/C5H10N2O4S/c8-1-2-10-3-5(9)7-6-4-11-12/h4,8,12H,1-3H2,(H,7,9)/i/hT. The summed E-state index contributed by atoms with van der Waals surface area (Å²) in [4.78, 5) is 10.7. The van der Waals surface area contributed by atoms with Gasteiger partial charge in [0.05, 0.1) is 13.2 Å². The maximum absolute atomic E-state index is 10.7. The first-order chi connectivity index (χ1) is 6.31. The number of carbonyl (C=O) groups excluding carboxylic acids is 1. The number of hydrogen-bond acceptors (Lipinski definition) is 6. The zero-order valence-electron chi connectivity index (χ0n) is 7.23. The highest BCUT2D eigenvalue weighted by atomic mass is 32.1. The largest absolute Gasteiger partial charge is 0.415 e. The Balaban J connectivity index is 3.29. The molecule has 0 saturated carbocycles. The number of hydrogen-bond donors (Lipinski definition) is 3. The molecule has 0 rings (SSSR count). The molecule has 7 heteroatoms. The monoisotopic (exact) mass is 196 g/mol. The molecule has 0 aromatic heterocycles. The highest BCUT2D eigenvalue weighted by Gasteiger charge is 1.97.